The Kier molecular flexibility index (Phi) is 8.05. The van der Waals surface area contributed by atoms with E-state index in [0.717, 1.165) is 34.9 Å². The third-order valence-electron chi connectivity index (χ3n) is 3.49. The van der Waals surface area contributed by atoms with Crippen molar-refractivity contribution < 1.29 is 4.79 Å². The van der Waals surface area contributed by atoms with Crippen molar-refractivity contribution in [3.05, 3.63) is 70.7 Å². The molecule has 0 saturated carbocycles. The van der Waals surface area contributed by atoms with Crippen molar-refractivity contribution in [1.29, 1.82) is 0 Å². The summed E-state index contributed by atoms with van der Waals surface area (Å²) in [5.74, 6) is 1.94. The largest absolute Gasteiger partial charge is 0.356 e. The third-order valence-corrected chi connectivity index (χ3v) is 4.89. The summed E-state index contributed by atoms with van der Waals surface area (Å²) in [6, 6.07) is 18.2. The summed E-state index contributed by atoms with van der Waals surface area (Å²) in [7, 11) is 0. The Morgan fingerprint density at radius 2 is 1.78 bits per heavy atom. The van der Waals surface area contributed by atoms with E-state index in [-0.39, 0.29) is 5.91 Å². The lowest BCUT2D eigenvalue weighted by atomic mass is 10.1. The maximum absolute atomic E-state index is 11.8. The number of halogens is 1. The predicted octanol–water partition coefficient (Wildman–Crippen LogP) is 4.71. The maximum atomic E-state index is 11.8. The average molecular weight is 348 g/mol. The van der Waals surface area contributed by atoms with E-state index in [9.17, 15) is 4.79 Å². The number of hydrogen-bond donors (Lipinski definition) is 1. The normalized spacial score (nSPS) is 10.5. The monoisotopic (exact) mass is 347 g/mol. The van der Waals surface area contributed by atoms with Crippen LogP contribution in [0.25, 0.3) is 0 Å². The Morgan fingerprint density at radius 1 is 1.04 bits per heavy atom. The molecular weight excluding hydrogens is 326 g/mol. The van der Waals surface area contributed by atoms with E-state index in [1.165, 1.54) is 5.56 Å². The first-order chi connectivity index (χ1) is 11.3. The summed E-state index contributed by atoms with van der Waals surface area (Å²) in [4.78, 5) is 11.8. The van der Waals surface area contributed by atoms with Gasteiger partial charge in [0.15, 0.2) is 0 Å². The minimum atomic E-state index is 0.129. The molecule has 2 rings (SSSR count). The van der Waals surface area contributed by atoms with Gasteiger partial charge in [-0.3, -0.25) is 4.79 Å². The SMILES string of the molecule is O=C(CCSCc1ccccc1)NCCCc1ccccc1Cl. The molecule has 0 aromatic heterocycles. The first-order valence-electron chi connectivity index (χ1n) is 7.87. The van der Waals surface area contributed by atoms with Gasteiger partial charge in [0.1, 0.15) is 0 Å². The van der Waals surface area contributed by atoms with E-state index in [1.54, 1.807) is 11.8 Å². The van der Waals surface area contributed by atoms with Crippen LogP contribution in [0.4, 0.5) is 0 Å². The van der Waals surface area contributed by atoms with Crippen molar-refractivity contribution in [3.63, 3.8) is 0 Å². The number of hydrogen-bond acceptors (Lipinski definition) is 2. The number of benzene rings is 2. The Bertz CT molecular complexity index is 603. The number of rotatable bonds is 9. The second-order valence-electron chi connectivity index (χ2n) is 5.33. The highest BCUT2D eigenvalue weighted by Crippen LogP contribution is 2.16. The summed E-state index contributed by atoms with van der Waals surface area (Å²) >= 11 is 7.91. The number of nitrogens with one attached hydrogen (secondary N) is 1. The molecule has 0 aliphatic carbocycles. The minimum Gasteiger partial charge on any atom is -0.356 e. The predicted molar refractivity (Wildman–Crippen MR) is 100 cm³/mol. The highest BCUT2D eigenvalue weighted by molar-refractivity contribution is 7.98. The fourth-order valence-corrected chi connectivity index (χ4v) is 3.36. The second kappa shape index (κ2) is 10.3. The molecule has 122 valence electrons. The van der Waals surface area contributed by atoms with Gasteiger partial charge >= 0.3 is 0 Å². The van der Waals surface area contributed by atoms with E-state index in [1.807, 2.05) is 42.5 Å². The van der Waals surface area contributed by atoms with E-state index in [2.05, 4.69) is 17.4 Å². The van der Waals surface area contributed by atoms with Crippen LogP contribution in [0.3, 0.4) is 0 Å². The molecule has 0 atom stereocenters. The molecule has 0 heterocycles. The molecular formula is C19H22ClNOS. The van der Waals surface area contributed by atoms with Gasteiger partial charge in [0, 0.05) is 29.5 Å². The van der Waals surface area contributed by atoms with Gasteiger partial charge in [0.25, 0.3) is 0 Å². The number of amides is 1. The van der Waals surface area contributed by atoms with Crippen molar-refractivity contribution in [3.8, 4) is 0 Å². The molecule has 0 aliphatic heterocycles. The Balaban J connectivity index is 1.53. The zero-order valence-electron chi connectivity index (χ0n) is 13.1. The van der Waals surface area contributed by atoms with Crippen LogP contribution >= 0.6 is 23.4 Å². The minimum absolute atomic E-state index is 0.129. The molecule has 0 bridgehead atoms. The van der Waals surface area contributed by atoms with Crippen LogP contribution in [0.5, 0.6) is 0 Å². The van der Waals surface area contributed by atoms with Crippen LogP contribution in [-0.4, -0.2) is 18.2 Å². The van der Waals surface area contributed by atoms with Gasteiger partial charge in [0.05, 0.1) is 0 Å². The van der Waals surface area contributed by atoms with Gasteiger partial charge < -0.3 is 5.32 Å². The summed E-state index contributed by atoms with van der Waals surface area (Å²) in [5, 5.41) is 3.78. The molecule has 0 unspecified atom stereocenters. The molecule has 2 nitrogen and oxygen atoms in total. The van der Waals surface area contributed by atoms with Gasteiger partial charge in [-0.1, -0.05) is 60.1 Å². The maximum Gasteiger partial charge on any atom is 0.220 e. The van der Waals surface area contributed by atoms with Crippen LogP contribution < -0.4 is 5.32 Å². The highest BCUT2D eigenvalue weighted by Gasteiger charge is 2.02. The van der Waals surface area contributed by atoms with Crippen molar-refractivity contribution in [2.45, 2.75) is 25.0 Å². The first-order valence-corrected chi connectivity index (χ1v) is 9.41. The molecule has 4 heteroatoms. The Morgan fingerprint density at radius 3 is 2.57 bits per heavy atom. The average Bonchev–Trinajstić information content (AvgIpc) is 2.58. The van der Waals surface area contributed by atoms with Crippen LogP contribution in [0, 0.1) is 0 Å². The molecule has 0 radical (unpaired) electrons. The molecule has 0 aliphatic rings. The fourth-order valence-electron chi connectivity index (χ4n) is 2.23. The van der Waals surface area contributed by atoms with E-state index < -0.39 is 0 Å². The number of thioether (sulfide) groups is 1. The summed E-state index contributed by atoms with van der Waals surface area (Å²) in [5.41, 5.74) is 2.44. The summed E-state index contributed by atoms with van der Waals surface area (Å²) < 4.78 is 0. The fraction of sp³-hybridized carbons (Fsp3) is 0.316. The molecule has 0 fully saturated rings. The number of carbonyl (C=O) groups is 1. The molecule has 23 heavy (non-hydrogen) atoms. The lowest BCUT2D eigenvalue weighted by Crippen LogP contribution is -2.25. The summed E-state index contributed by atoms with van der Waals surface area (Å²) in [6.07, 6.45) is 2.37. The van der Waals surface area contributed by atoms with E-state index in [0.29, 0.717) is 13.0 Å². The van der Waals surface area contributed by atoms with Crippen molar-refractivity contribution >= 4 is 29.3 Å². The topological polar surface area (TPSA) is 29.1 Å². The Hall–Kier alpha value is -1.45. The van der Waals surface area contributed by atoms with Crippen molar-refractivity contribution in [1.82, 2.24) is 5.32 Å². The highest BCUT2D eigenvalue weighted by atomic mass is 35.5. The van der Waals surface area contributed by atoms with Gasteiger partial charge in [-0.05, 0) is 30.0 Å². The van der Waals surface area contributed by atoms with Crippen molar-refractivity contribution in [2.24, 2.45) is 0 Å². The molecule has 1 amide bonds. The van der Waals surface area contributed by atoms with Gasteiger partial charge in [-0.15, -0.1) is 0 Å². The van der Waals surface area contributed by atoms with Gasteiger partial charge in [-0.25, -0.2) is 0 Å². The molecule has 2 aromatic rings. The molecule has 1 N–H and O–H groups in total. The van der Waals surface area contributed by atoms with E-state index in [4.69, 9.17) is 11.6 Å². The van der Waals surface area contributed by atoms with Crippen LogP contribution in [0.15, 0.2) is 54.6 Å². The first kappa shape index (κ1) is 17.9. The van der Waals surface area contributed by atoms with Gasteiger partial charge in [0.2, 0.25) is 5.91 Å². The van der Waals surface area contributed by atoms with Gasteiger partial charge in [-0.2, -0.15) is 11.8 Å². The zero-order chi connectivity index (χ0) is 16.3. The Labute approximate surface area is 147 Å². The second-order valence-corrected chi connectivity index (χ2v) is 6.85. The number of aryl methyl sites for hydroxylation is 1. The summed E-state index contributed by atoms with van der Waals surface area (Å²) in [6.45, 7) is 0.702. The zero-order valence-corrected chi connectivity index (χ0v) is 14.7. The smallest absolute Gasteiger partial charge is 0.220 e. The third kappa shape index (κ3) is 7.10. The van der Waals surface area contributed by atoms with Crippen LogP contribution in [-0.2, 0) is 17.0 Å². The van der Waals surface area contributed by atoms with Crippen molar-refractivity contribution in [2.75, 3.05) is 12.3 Å². The van der Waals surface area contributed by atoms with E-state index >= 15 is 0 Å². The molecule has 0 spiro atoms. The van der Waals surface area contributed by atoms with Crippen LogP contribution in [0.2, 0.25) is 5.02 Å². The lowest BCUT2D eigenvalue weighted by molar-refractivity contribution is -0.120. The molecule has 0 saturated heterocycles. The standard InChI is InChI=1S/C19H22ClNOS/c20-18-11-5-4-9-17(18)10-6-13-21-19(22)12-14-23-15-16-7-2-1-3-8-16/h1-5,7-9,11H,6,10,12-15H2,(H,21,22). The van der Waals surface area contributed by atoms with Crippen LogP contribution in [0.1, 0.15) is 24.0 Å². The quantitative estimate of drug-likeness (QED) is 0.665. The lowest BCUT2D eigenvalue weighted by Gasteiger charge is -2.06. The molecule has 2 aromatic carbocycles. The number of carbonyl (C=O) groups excluding carboxylic acids is 1.